The van der Waals surface area contributed by atoms with Gasteiger partial charge in [0, 0.05) is 6.04 Å². The molecule has 2 heterocycles. The van der Waals surface area contributed by atoms with Gasteiger partial charge in [0.15, 0.2) is 0 Å². The van der Waals surface area contributed by atoms with Crippen LogP contribution in [0.25, 0.3) is 11.1 Å². The summed E-state index contributed by atoms with van der Waals surface area (Å²) in [4.78, 5) is 54.7. The summed E-state index contributed by atoms with van der Waals surface area (Å²) in [6.45, 7) is 8.40. The van der Waals surface area contributed by atoms with Crippen molar-refractivity contribution in [2.75, 3.05) is 4.90 Å². The Balaban J connectivity index is 1.48. The second-order valence-corrected chi connectivity index (χ2v) is 15.4. The second-order valence-electron chi connectivity index (χ2n) is 15.4. The van der Waals surface area contributed by atoms with Gasteiger partial charge < -0.3 is 0 Å². The maximum Gasteiger partial charge on any atom is 0.417 e. The number of alkyl halides is 12. The van der Waals surface area contributed by atoms with E-state index in [-0.39, 0.29) is 41.5 Å². The smallest absolute Gasteiger partial charge is 0.271 e. The molecule has 330 valence electrons. The third-order valence-corrected chi connectivity index (χ3v) is 12.3. The molecule has 4 amide bonds. The van der Waals surface area contributed by atoms with E-state index in [0.29, 0.717) is 49.2 Å². The van der Waals surface area contributed by atoms with E-state index in [2.05, 4.69) is 0 Å². The van der Waals surface area contributed by atoms with Crippen LogP contribution in [0, 0.1) is 0 Å². The fourth-order valence-electron chi connectivity index (χ4n) is 8.36. The zero-order valence-electron chi connectivity index (χ0n) is 33.4. The van der Waals surface area contributed by atoms with Crippen molar-refractivity contribution in [3.05, 3.63) is 123 Å². The molecule has 18 heteroatoms. The highest BCUT2D eigenvalue weighted by Crippen LogP contribution is 2.57. The van der Waals surface area contributed by atoms with Crippen molar-refractivity contribution in [3.63, 3.8) is 0 Å². The van der Waals surface area contributed by atoms with Crippen molar-refractivity contribution in [2.45, 2.75) is 102 Å². The summed E-state index contributed by atoms with van der Waals surface area (Å²) in [5.74, 6) is -5.15. The minimum Gasteiger partial charge on any atom is -0.271 e. The van der Waals surface area contributed by atoms with Gasteiger partial charge in [-0.3, -0.25) is 24.1 Å². The predicted octanol–water partition coefficient (Wildman–Crippen LogP) is 12.5. The summed E-state index contributed by atoms with van der Waals surface area (Å²) in [6, 6.07) is 5.83. The number of anilines is 1. The molecular weight excluding hydrogens is 848 g/mol. The largest absolute Gasteiger partial charge is 0.417 e. The lowest BCUT2D eigenvalue weighted by atomic mass is 9.71. The molecule has 0 radical (unpaired) electrons. The van der Waals surface area contributed by atoms with Crippen LogP contribution < -0.4 is 4.90 Å². The summed E-state index contributed by atoms with van der Waals surface area (Å²) in [5, 5.41) is 0. The van der Waals surface area contributed by atoms with Crippen LogP contribution in [0.5, 0.6) is 0 Å². The van der Waals surface area contributed by atoms with Crippen LogP contribution in [0.3, 0.4) is 0 Å². The highest BCUT2D eigenvalue weighted by atomic mass is 19.4. The average molecular weight is 885 g/mol. The van der Waals surface area contributed by atoms with Gasteiger partial charge in [-0.2, -0.15) is 52.7 Å². The number of rotatable bonds is 10. The molecule has 0 aliphatic carbocycles. The van der Waals surface area contributed by atoms with Gasteiger partial charge in [0.25, 0.3) is 23.6 Å². The van der Waals surface area contributed by atoms with E-state index in [9.17, 15) is 45.5 Å². The van der Waals surface area contributed by atoms with Crippen molar-refractivity contribution in [1.82, 2.24) is 4.90 Å². The number of amides is 4. The molecule has 0 unspecified atom stereocenters. The van der Waals surface area contributed by atoms with Crippen molar-refractivity contribution in [1.29, 1.82) is 0 Å². The van der Waals surface area contributed by atoms with Crippen LogP contribution in [0.1, 0.15) is 130 Å². The zero-order valence-corrected chi connectivity index (χ0v) is 33.4. The molecule has 0 aromatic heterocycles. The van der Waals surface area contributed by atoms with Gasteiger partial charge in [-0.1, -0.05) is 65.0 Å². The number of fused-ring (bicyclic) bond motifs is 2. The summed E-state index contributed by atoms with van der Waals surface area (Å²) in [5.41, 5.74) is -17.8. The van der Waals surface area contributed by atoms with Crippen LogP contribution in [0.2, 0.25) is 0 Å². The van der Waals surface area contributed by atoms with Crippen LogP contribution in [0.15, 0.2) is 72.8 Å². The molecule has 0 spiro atoms. The number of halogens is 12. The molecule has 6 rings (SSSR count). The summed E-state index contributed by atoms with van der Waals surface area (Å²) >= 11 is 0. The van der Waals surface area contributed by atoms with Gasteiger partial charge in [-0.05, 0) is 101 Å². The number of carbonyl (C=O) groups is 4. The first kappa shape index (κ1) is 45.8. The van der Waals surface area contributed by atoms with Crippen LogP contribution >= 0.6 is 0 Å². The Morgan fingerprint density at radius 1 is 0.468 bits per heavy atom. The minimum absolute atomic E-state index is 0.0597. The van der Waals surface area contributed by atoms with E-state index in [1.165, 1.54) is 6.07 Å². The third-order valence-electron chi connectivity index (χ3n) is 12.3. The van der Waals surface area contributed by atoms with E-state index in [1.807, 2.05) is 0 Å². The molecule has 4 aromatic carbocycles. The van der Waals surface area contributed by atoms with Gasteiger partial charge in [0.2, 0.25) is 5.41 Å². The first-order valence-corrected chi connectivity index (χ1v) is 19.3. The van der Waals surface area contributed by atoms with Crippen LogP contribution in [-0.2, 0) is 23.2 Å². The fraction of sp³-hybridized carbons (Fsp3) is 0.364. The topological polar surface area (TPSA) is 74.8 Å². The Labute approximate surface area is 346 Å². The number of nitrogens with zero attached hydrogens (tertiary/aromatic N) is 2. The maximum absolute atomic E-state index is 15.3. The number of hydrogen-bond acceptors (Lipinski definition) is 4. The van der Waals surface area contributed by atoms with Crippen molar-refractivity contribution in [3.8, 4) is 11.1 Å². The van der Waals surface area contributed by atoms with Gasteiger partial charge >= 0.3 is 24.7 Å². The highest BCUT2D eigenvalue weighted by molar-refractivity contribution is 6.34. The molecule has 0 saturated heterocycles. The van der Waals surface area contributed by atoms with E-state index in [1.54, 1.807) is 34.6 Å². The lowest BCUT2D eigenvalue weighted by molar-refractivity contribution is -0.288. The first-order chi connectivity index (χ1) is 28.6. The molecule has 4 aromatic rings. The summed E-state index contributed by atoms with van der Waals surface area (Å²) in [6.07, 6.45) is -21.9. The van der Waals surface area contributed by atoms with E-state index < -0.39 is 127 Å². The molecule has 0 bridgehead atoms. The van der Waals surface area contributed by atoms with E-state index in [0.717, 1.165) is 17.0 Å². The molecule has 0 fully saturated rings. The van der Waals surface area contributed by atoms with Crippen LogP contribution in [-0.4, -0.2) is 46.9 Å². The Bertz CT molecular complexity index is 2480. The fourth-order valence-corrected chi connectivity index (χ4v) is 8.36. The lowest BCUT2D eigenvalue weighted by Gasteiger charge is -2.38. The quantitative estimate of drug-likeness (QED) is 0.117. The van der Waals surface area contributed by atoms with Crippen LogP contribution in [0.4, 0.5) is 58.4 Å². The monoisotopic (exact) mass is 884 g/mol. The van der Waals surface area contributed by atoms with Crippen molar-refractivity contribution in [2.24, 2.45) is 0 Å². The predicted molar refractivity (Wildman–Crippen MR) is 202 cm³/mol. The lowest BCUT2D eigenvalue weighted by Crippen LogP contribution is -2.55. The Morgan fingerprint density at radius 2 is 0.855 bits per heavy atom. The molecule has 2 aliphatic heterocycles. The van der Waals surface area contributed by atoms with Crippen molar-refractivity contribution < 1.29 is 71.9 Å². The Hall–Kier alpha value is -5.68. The zero-order chi connectivity index (χ0) is 46.3. The van der Waals surface area contributed by atoms with Crippen molar-refractivity contribution >= 4 is 29.3 Å². The van der Waals surface area contributed by atoms with Gasteiger partial charge in [-0.25, -0.2) is 4.90 Å². The number of carbonyl (C=O) groups excluding carboxylic acids is 4. The second kappa shape index (κ2) is 15.3. The average Bonchev–Trinajstić information content (AvgIpc) is 3.59. The molecular formula is C44H36F12N2O4. The Morgan fingerprint density at radius 3 is 1.31 bits per heavy atom. The molecule has 0 saturated carbocycles. The van der Waals surface area contributed by atoms with Gasteiger partial charge in [-0.15, -0.1) is 0 Å². The van der Waals surface area contributed by atoms with E-state index in [4.69, 9.17) is 0 Å². The molecule has 6 nitrogen and oxygen atoms in total. The SMILES string of the molecule is CCC(CC)N1C(=O)c2ccc(C(c3ccc4c(c3)C(=O)N(c3ccc(-c5ccc(C(C)(CC)CC)cc5C(F)(F)F)c(C(F)(F)F)c3)C4=O)(C(F)(F)F)C(F)(F)F)cc2C1=O. The Kier molecular flexibility index (Phi) is 11.3. The molecule has 62 heavy (non-hydrogen) atoms. The number of imide groups is 2. The molecule has 2 aliphatic rings. The standard InChI is InChI=1S/C44H36F12N2O4/c1-6-25(7-2)57-35(59)29-15-11-23(18-31(29)37(57)61)40(43(51,52)53,44(54,55)56)24-12-16-30-32(19-24)38(62)58(36(30)60)26-13-17-28(34(21-26)42(48,49)50)27-14-10-22(39(5,8-3)9-4)20-33(27)41(45,46)47/h10-21,25H,6-9H2,1-5H3. The highest BCUT2D eigenvalue weighted by Gasteiger charge is 2.73. The van der Waals surface area contributed by atoms with E-state index >= 15 is 26.3 Å². The summed E-state index contributed by atoms with van der Waals surface area (Å²) in [7, 11) is 0. The van der Waals surface area contributed by atoms with Gasteiger partial charge in [0.1, 0.15) is 0 Å². The molecule has 0 N–H and O–H groups in total. The first-order valence-electron chi connectivity index (χ1n) is 19.3. The number of hydrogen-bond donors (Lipinski definition) is 0. The minimum atomic E-state index is -6.28. The van der Waals surface area contributed by atoms with Gasteiger partial charge in [0.05, 0.1) is 39.1 Å². The third kappa shape index (κ3) is 7.02. The normalized spacial score (nSPS) is 15.3. The molecule has 0 atom stereocenters. The maximum atomic E-state index is 15.3. The number of benzene rings is 4. The summed E-state index contributed by atoms with van der Waals surface area (Å²) < 4.78 is 179.